The van der Waals surface area contributed by atoms with Crippen molar-refractivity contribution in [1.29, 1.82) is 0 Å². The van der Waals surface area contributed by atoms with Crippen molar-refractivity contribution < 1.29 is 9.53 Å². The van der Waals surface area contributed by atoms with Gasteiger partial charge in [0.15, 0.2) is 0 Å². The average molecular weight is 257 g/mol. The SMILES string of the molecule is CCOC(=O)c1c(N)sc2c1CCCSC2. The van der Waals surface area contributed by atoms with Crippen LogP contribution in [0, 0.1) is 0 Å². The van der Waals surface area contributed by atoms with Crippen LogP contribution in [0.1, 0.15) is 34.1 Å². The number of rotatable bonds is 2. The van der Waals surface area contributed by atoms with Crippen molar-refractivity contribution in [1.82, 2.24) is 0 Å². The van der Waals surface area contributed by atoms with E-state index in [-0.39, 0.29) is 5.97 Å². The molecule has 0 saturated carbocycles. The molecule has 1 aromatic heterocycles. The zero-order valence-electron chi connectivity index (χ0n) is 9.25. The molecule has 0 atom stereocenters. The molecule has 2 rings (SSSR count). The zero-order valence-corrected chi connectivity index (χ0v) is 10.9. The van der Waals surface area contributed by atoms with Gasteiger partial charge in [0.1, 0.15) is 5.00 Å². The lowest BCUT2D eigenvalue weighted by molar-refractivity contribution is 0.0527. The van der Waals surface area contributed by atoms with Gasteiger partial charge in [0, 0.05) is 10.6 Å². The quantitative estimate of drug-likeness (QED) is 0.828. The van der Waals surface area contributed by atoms with Crippen LogP contribution < -0.4 is 5.73 Å². The van der Waals surface area contributed by atoms with Crippen LogP contribution in [0.25, 0.3) is 0 Å². The van der Waals surface area contributed by atoms with E-state index in [1.165, 1.54) is 4.88 Å². The van der Waals surface area contributed by atoms with Gasteiger partial charge in [-0.3, -0.25) is 0 Å². The summed E-state index contributed by atoms with van der Waals surface area (Å²) in [6.45, 7) is 2.21. The van der Waals surface area contributed by atoms with E-state index in [9.17, 15) is 4.79 Å². The molecule has 0 unspecified atom stereocenters. The van der Waals surface area contributed by atoms with E-state index in [0.717, 1.165) is 29.9 Å². The van der Waals surface area contributed by atoms with Gasteiger partial charge >= 0.3 is 5.97 Å². The van der Waals surface area contributed by atoms with E-state index in [2.05, 4.69) is 0 Å². The number of carbonyl (C=O) groups is 1. The number of ether oxygens (including phenoxy) is 1. The lowest BCUT2D eigenvalue weighted by atomic mass is 10.1. The molecule has 0 bridgehead atoms. The van der Waals surface area contributed by atoms with Crippen molar-refractivity contribution in [2.45, 2.75) is 25.5 Å². The smallest absolute Gasteiger partial charge is 0.341 e. The summed E-state index contributed by atoms with van der Waals surface area (Å²) in [7, 11) is 0. The van der Waals surface area contributed by atoms with Gasteiger partial charge in [-0.2, -0.15) is 11.8 Å². The van der Waals surface area contributed by atoms with Crippen LogP contribution in [0.2, 0.25) is 0 Å². The van der Waals surface area contributed by atoms with Crippen molar-refractivity contribution in [2.24, 2.45) is 0 Å². The molecule has 88 valence electrons. The number of nitrogen functional groups attached to an aromatic ring is 1. The van der Waals surface area contributed by atoms with E-state index in [1.807, 2.05) is 18.7 Å². The van der Waals surface area contributed by atoms with E-state index in [4.69, 9.17) is 10.5 Å². The molecule has 0 aromatic carbocycles. The third-order valence-corrected chi connectivity index (χ3v) is 4.86. The Bertz CT molecular complexity index is 401. The number of carbonyl (C=O) groups excluding carboxylic acids is 1. The Morgan fingerprint density at radius 2 is 2.38 bits per heavy atom. The van der Waals surface area contributed by atoms with Crippen molar-refractivity contribution in [2.75, 3.05) is 18.1 Å². The predicted octanol–water partition coefficient (Wildman–Crippen LogP) is 2.69. The van der Waals surface area contributed by atoms with Crippen molar-refractivity contribution in [3.8, 4) is 0 Å². The minimum absolute atomic E-state index is 0.260. The minimum Gasteiger partial charge on any atom is -0.462 e. The molecule has 1 aliphatic heterocycles. The second kappa shape index (κ2) is 5.10. The Kier molecular flexibility index (Phi) is 3.76. The van der Waals surface area contributed by atoms with Crippen LogP contribution in [-0.2, 0) is 16.9 Å². The van der Waals surface area contributed by atoms with Gasteiger partial charge in [-0.1, -0.05) is 0 Å². The Labute approximate surface area is 103 Å². The number of anilines is 1. The van der Waals surface area contributed by atoms with Crippen molar-refractivity contribution in [3.05, 3.63) is 16.0 Å². The molecule has 2 N–H and O–H groups in total. The third kappa shape index (κ3) is 2.20. The normalized spacial score (nSPS) is 15.3. The Balaban J connectivity index is 2.36. The van der Waals surface area contributed by atoms with Crippen LogP contribution in [-0.4, -0.2) is 18.3 Å². The standard InChI is InChI=1S/C11H15NO2S2/c1-2-14-11(13)9-7-4-3-5-15-6-8(7)16-10(9)12/h2-6,12H2,1H3. The van der Waals surface area contributed by atoms with E-state index >= 15 is 0 Å². The molecule has 2 heterocycles. The van der Waals surface area contributed by atoms with Gasteiger partial charge in [0.2, 0.25) is 0 Å². The maximum Gasteiger partial charge on any atom is 0.341 e. The van der Waals surface area contributed by atoms with Crippen LogP contribution in [0.5, 0.6) is 0 Å². The van der Waals surface area contributed by atoms with Gasteiger partial charge in [-0.25, -0.2) is 4.79 Å². The molecule has 0 spiro atoms. The fourth-order valence-corrected chi connectivity index (χ4v) is 4.10. The highest BCUT2D eigenvalue weighted by atomic mass is 32.2. The third-order valence-electron chi connectivity index (χ3n) is 2.55. The Hall–Kier alpha value is -0.680. The topological polar surface area (TPSA) is 52.3 Å². The highest BCUT2D eigenvalue weighted by Gasteiger charge is 2.24. The van der Waals surface area contributed by atoms with E-state index < -0.39 is 0 Å². The summed E-state index contributed by atoms with van der Waals surface area (Å²) in [6, 6.07) is 0. The van der Waals surface area contributed by atoms with Crippen LogP contribution in [0.4, 0.5) is 5.00 Å². The molecule has 0 saturated heterocycles. The second-order valence-corrected chi connectivity index (χ2v) is 5.86. The molecule has 1 aliphatic rings. The molecular weight excluding hydrogens is 242 g/mol. The summed E-state index contributed by atoms with van der Waals surface area (Å²) in [4.78, 5) is 13.1. The van der Waals surface area contributed by atoms with Crippen LogP contribution in [0.3, 0.4) is 0 Å². The number of thioether (sulfide) groups is 1. The first kappa shape index (κ1) is 11.8. The largest absolute Gasteiger partial charge is 0.462 e. The predicted molar refractivity (Wildman–Crippen MR) is 69.2 cm³/mol. The number of hydrogen-bond acceptors (Lipinski definition) is 5. The summed E-state index contributed by atoms with van der Waals surface area (Å²) in [5, 5.41) is 0.617. The fraction of sp³-hybridized carbons (Fsp3) is 0.545. The maximum absolute atomic E-state index is 11.8. The lowest BCUT2D eigenvalue weighted by Crippen LogP contribution is -2.09. The highest BCUT2D eigenvalue weighted by molar-refractivity contribution is 7.98. The zero-order chi connectivity index (χ0) is 11.5. The number of nitrogens with two attached hydrogens (primary N) is 1. The molecule has 16 heavy (non-hydrogen) atoms. The van der Waals surface area contributed by atoms with E-state index in [1.54, 1.807) is 11.3 Å². The Morgan fingerprint density at radius 1 is 1.56 bits per heavy atom. The summed E-state index contributed by atoms with van der Waals surface area (Å²) in [6.07, 6.45) is 2.06. The number of fused-ring (bicyclic) bond motifs is 1. The molecule has 0 fully saturated rings. The molecule has 1 aromatic rings. The number of thiophene rings is 1. The van der Waals surface area contributed by atoms with Gasteiger partial charge in [-0.15, -0.1) is 11.3 Å². The van der Waals surface area contributed by atoms with Gasteiger partial charge in [0.05, 0.1) is 12.2 Å². The summed E-state index contributed by atoms with van der Waals surface area (Å²) >= 11 is 3.45. The monoisotopic (exact) mass is 257 g/mol. The van der Waals surface area contributed by atoms with Gasteiger partial charge in [0.25, 0.3) is 0 Å². The first-order chi connectivity index (χ1) is 7.74. The second-order valence-electron chi connectivity index (χ2n) is 3.62. The van der Waals surface area contributed by atoms with Gasteiger partial charge < -0.3 is 10.5 Å². The molecule has 0 aliphatic carbocycles. The maximum atomic E-state index is 11.8. The first-order valence-corrected chi connectivity index (χ1v) is 7.36. The van der Waals surface area contributed by atoms with Crippen molar-refractivity contribution >= 4 is 34.1 Å². The average Bonchev–Trinajstić information content (AvgIpc) is 2.43. The van der Waals surface area contributed by atoms with Crippen LogP contribution in [0.15, 0.2) is 0 Å². The van der Waals surface area contributed by atoms with Crippen molar-refractivity contribution in [3.63, 3.8) is 0 Å². The summed E-state index contributed by atoms with van der Waals surface area (Å²) < 4.78 is 5.05. The molecular formula is C11H15NO2S2. The summed E-state index contributed by atoms with van der Waals surface area (Å²) in [5.41, 5.74) is 7.67. The molecule has 3 nitrogen and oxygen atoms in total. The molecule has 0 radical (unpaired) electrons. The van der Waals surface area contributed by atoms with E-state index in [0.29, 0.717) is 17.2 Å². The van der Waals surface area contributed by atoms with Gasteiger partial charge in [-0.05, 0) is 31.1 Å². The fourth-order valence-electron chi connectivity index (χ4n) is 1.86. The van der Waals surface area contributed by atoms with Crippen LogP contribution >= 0.6 is 23.1 Å². The first-order valence-electron chi connectivity index (χ1n) is 5.39. The summed E-state index contributed by atoms with van der Waals surface area (Å²) in [5.74, 6) is 1.87. The molecule has 5 heteroatoms. The minimum atomic E-state index is -0.260. The molecule has 0 amide bonds. The Morgan fingerprint density at radius 3 is 3.12 bits per heavy atom. The highest BCUT2D eigenvalue weighted by Crippen LogP contribution is 2.37. The number of esters is 1. The lowest BCUT2D eigenvalue weighted by Gasteiger charge is -2.04. The number of hydrogen-bond donors (Lipinski definition) is 1.